The van der Waals surface area contributed by atoms with E-state index in [1.807, 2.05) is 49.1 Å². The maximum absolute atomic E-state index is 13.4. The molecule has 0 atom stereocenters. The molecule has 2 aromatic carbocycles. The van der Waals surface area contributed by atoms with E-state index in [2.05, 4.69) is 37.5 Å². The lowest BCUT2D eigenvalue weighted by atomic mass is 10.1. The SMILES string of the molecule is C=CC(=O)Nc1cc(Nc2nccc(-c3ccc(C=NC)c(NC)c3)n2)c(OC(F)F)cc1N(C)CCN(C)C. The largest absolute Gasteiger partial charge is 0.433 e. The zero-order valence-corrected chi connectivity index (χ0v) is 23.2. The summed E-state index contributed by atoms with van der Waals surface area (Å²) < 4.78 is 31.7. The highest BCUT2D eigenvalue weighted by Crippen LogP contribution is 2.39. The molecule has 12 heteroatoms. The molecule has 212 valence electrons. The third kappa shape index (κ3) is 7.96. The molecule has 0 fully saturated rings. The molecule has 40 heavy (non-hydrogen) atoms. The van der Waals surface area contributed by atoms with Gasteiger partial charge in [-0.15, -0.1) is 0 Å². The van der Waals surface area contributed by atoms with Crippen LogP contribution in [0.4, 0.5) is 37.5 Å². The Morgan fingerprint density at radius 3 is 2.55 bits per heavy atom. The summed E-state index contributed by atoms with van der Waals surface area (Å²) in [5.74, 6) is -0.435. The predicted molar refractivity (Wildman–Crippen MR) is 158 cm³/mol. The van der Waals surface area contributed by atoms with Gasteiger partial charge in [-0.3, -0.25) is 9.79 Å². The van der Waals surface area contributed by atoms with Crippen LogP contribution in [-0.2, 0) is 4.79 Å². The number of likely N-dealkylation sites (N-methyl/N-ethyl adjacent to an activating group) is 2. The Morgan fingerprint density at radius 2 is 1.90 bits per heavy atom. The van der Waals surface area contributed by atoms with Crippen LogP contribution in [0.1, 0.15) is 5.56 Å². The van der Waals surface area contributed by atoms with Gasteiger partial charge >= 0.3 is 6.61 Å². The smallest absolute Gasteiger partial charge is 0.387 e. The van der Waals surface area contributed by atoms with Crippen LogP contribution in [0.5, 0.6) is 5.75 Å². The van der Waals surface area contributed by atoms with Crippen molar-refractivity contribution in [3.05, 3.63) is 60.8 Å². The van der Waals surface area contributed by atoms with Crippen molar-refractivity contribution in [2.75, 3.05) is 69.2 Å². The lowest BCUT2D eigenvalue weighted by molar-refractivity contribution is -0.111. The molecule has 0 aliphatic carbocycles. The molecule has 1 amide bonds. The van der Waals surface area contributed by atoms with Crippen LogP contribution in [0, 0.1) is 0 Å². The number of aliphatic imine (C=N–C) groups is 1. The van der Waals surface area contributed by atoms with Crippen molar-refractivity contribution in [1.82, 2.24) is 14.9 Å². The first-order valence-electron chi connectivity index (χ1n) is 12.4. The number of aromatic nitrogens is 2. The number of hydrogen-bond acceptors (Lipinski definition) is 9. The Hall–Kier alpha value is -4.58. The van der Waals surface area contributed by atoms with Crippen LogP contribution in [0.25, 0.3) is 11.3 Å². The number of rotatable bonds is 13. The summed E-state index contributed by atoms with van der Waals surface area (Å²) in [6.07, 6.45) is 4.43. The molecule has 0 radical (unpaired) electrons. The fourth-order valence-corrected chi connectivity index (χ4v) is 3.81. The summed E-state index contributed by atoms with van der Waals surface area (Å²) in [6, 6.07) is 10.4. The minimum absolute atomic E-state index is 0.131. The van der Waals surface area contributed by atoms with Crippen LogP contribution in [0.15, 0.2) is 60.2 Å². The van der Waals surface area contributed by atoms with E-state index < -0.39 is 12.5 Å². The van der Waals surface area contributed by atoms with E-state index in [0.717, 1.165) is 22.9 Å². The zero-order chi connectivity index (χ0) is 29.2. The Bertz CT molecular complexity index is 1360. The first kappa shape index (κ1) is 30.0. The number of carbonyl (C=O) groups is 1. The molecule has 0 spiro atoms. The highest BCUT2D eigenvalue weighted by Gasteiger charge is 2.19. The van der Waals surface area contributed by atoms with Crippen molar-refractivity contribution in [1.29, 1.82) is 0 Å². The predicted octanol–water partition coefficient (Wildman–Crippen LogP) is 4.70. The zero-order valence-electron chi connectivity index (χ0n) is 23.2. The molecule has 0 aliphatic rings. The van der Waals surface area contributed by atoms with Crippen molar-refractivity contribution in [2.45, 2.75) is 6.61 Å². The summed E-state index contributed by atoms with van der Waals surface area (Å²) >= 11 is 0. The molecule has 3 rings (SSSR count). The molecule has 1 heterocycles. The van der Waals surface area contributed by atoms with Crippen molar-refractivity contribution < 1.29 is 18.3 Å². The topological polar surface area (TPSA) is 107 Å². The van der Waals surface area contributed by atoms with Gasteiger partial charge in [0, 0.05) is 69.5 Å². The molecular weight excluding hydrogens is 518 g/mol. The van der Waals surface area contributed by atoms with Gasteiger partial charge in [-0.05, 0) is 38.4 Å². The summed E-state index contributed by atoms with van der Waals surface area (Å²) in [5.41, 5.74) is 4.20. The second-order valence-electron chi connectivity index (χ2n) is 8.99. The number of ether oxygens (including phenoxy) is 1. The van der Waals surface area contributed by atoms with Crippen molar-refractivity contribution in [3.8, 4) is 17.0 Å². The van der Waals surface area contributed by atoms with Crippen LogP contribution < -0.4 is 25.6 Å². The van der Waals surface area contributed by atoms with Gasteiger partial charge in [0.1, 0.15) is 0 Å². The van der Waals surface area contributed by atoms with Gasteiger partial charge < -0.3 is 30.5 Å². The number of nitrogens with one attached hydrogen (secondary N) is 3. The van der Waals surface area contributed by atoms with Crippen molar-refractivity contribution in [3.63, 3.8) is 0 Å². The Balaban J connectivity index is 2.04. The third-order valence-corrected chi connectivity index (χ3v) is 5.84. The summed E-state index contributed by atoms with van der Waals surface area (Å²) in [5, 5.41) is 8.86. The van der Waals surface area contributed by atoms with Gasteiger partial charge in [0.05, 0.1) is 22.8 Å². The van der Waals surface area contributed by atoms with E-state index in [0.29, 0.717) is 30.2 Å². The van der Waals surface area contributed by atoms with Crippen molar-refractivity contribution >= 4 is 40.8 Å². The first-order chi connectivity index (χ1) is 19.1. The molecule has 0 unspecified atom stereocenters. The Labute approximate surface area is 232 Å². The highest BCUT2D eigenvalue weighted by atomic mass is 19.3. The molecule has 0 saturated carbocycles. The van der Waals surface area contributed by atoms with Crippen LogP contribution >= 0.6 is 0 Å². The second-order valence-corrected chi connectivity index (χ2v) is 8.99. The van der Waals surface area contributed by atoms with Crippen LogP contribution in [-0.4, -0.2) is 81.9 Å². The van der Waals surface area contributed by atoms with Gasteiger partial charge in [0.25, 0.3) is 0 Å². The Morgan fingerprint density at radius 1 is 1.12 bits per heavy atom. The number of halogens is 2. The van der Waals surface area contributed by atoms with E-state index in [1.165, 1.54) is 12.1 Å². The monoisotopic (exact) mass is 552 g/mol. The summed E-state index contributed by atoms with van der Waals surface area (Å²) in [6.45, 7) is 1.68. The van der Waals surface area contributed by atoms with Gasteiger partial charge in [-0.2, -0.15) is 8.78 Å². The number of hydrogen-bond donors (Lipinski definition) is 3. The fraction of sp³-hybridized carbons (Fsp3) is 0.286. The number of benzene rings is 2. The minimum atomic E-state index is -3.08. The number of nitrogens with zero attached hydrogens (tertiary/aromatic N) is 5. The second kappa shape index (κ2) is 14.0. The van der Waals surface area contributed by atoms with Crippen LogP contribution in [0.3, 0.4) is 0 Å². The maximum atomic E-state index is 13.4. The number of anilines is 5. The molecule has 3 N–H and O–H groups in total. The van der Waals surface area contributed by atoms with Gasteiger partial charge in [-0.25, -0.2) is 9.97 Å². The molecule has 1 aromatic heterocycles. The number of amides is 1. The highest BCUT2D eigenvalue weighted by molar-refractivity contribution is 6.02. The molecule has 0 aliphatic heterocycles. The summed E-state index contributed by atoms with van der Waals surface area (Å²) in [4.78, 5) is 28.9. The molecule has 0 bridgehead atoms. The van der Waals surface area contributed by atoms with E-state index in [9.17, 15) is 13.6 Å². The van der Waals surface area contributed by atoms with Gasteiger partial charge in [-0.1, -0.05) is 18.7 Å². The van der Waals surface area contributed by atoms with Crippen molar-refractivity contribution in [2.24, 2.45) is 4.99 Å². The molecule has 3 aromatic rings. The lowest BCUT2D eigenvalue weighted by Crippen LogP contribution is -2.29. The minimum Gasteiger partial charge on any atom is -0.433 e. The quantitative estimate of drug-likeness (QED) is 0.207. The third-order valence-electron chi connectivity index (χ3n) is 5.84. The number of alkyl halides is 2. The lowest BCUT2D eigenvalue weighted by Gasteiger charge is -2.26. The standard InChI is InChI=1S/C28H34F2N8O2/c1-7-26(39)34-22-15-23(25(40-27(29)30)16-24(22)38(6)13-12-37(4)5)36-28-33-11-10-20(35-28)18-8-9-19(17-31-2)21(14-18)32-3/h7-11,14-17,27,32H,1,12-13H2,2-6H3,(H,34,39)(H,33,35,36). The van der Waals surface area contributed by atoms with E-state index in [4.69, 9.17) is 4.74 Å². The van der Waals surface area contributed by atoms with E-state index in [1.54, 1.807) is 32.6 Å². The molecular formula is C28H34F2N8O2. The van der Waals surface area contributed by atoms with Gasteiger partial charge in [0.2, 0.25) is 11.9 Å². The molecule has 0 saturated heterocycles. The maximum Gasteiger partial charge on any atom is 0.387 e. The molecule has 10 nitrogen and oxygen atoms in total. The number of carbonyl (C=O) groups excluding carboxylic acids is 1. The normalized spacial score (nSPS) is 11.1. The average molecular weight is 553 g/mol. The fourth-order valence-electron chi connectivity index (χ4n) is 3.81. The van der Waals surface area contributed by atoms with E-state index >= 15 is 0 Å². The van der Waals surface area contributed by atoms with Gasteiger partial charge in [0.15, 0.2) is 5.75 Å². The summed E-state index contributed by atoms with van der Waals surface area (Å²) in [7, 11) is 9.16. The average Bonchev–Trinajstić information content (AvgIpc) is 2.93. The van der Waals surface area contributed by atoms with E-state index in [-0.39, 0.29) is 17.4 Å². The van der Waals surface area contributed by atoms with Crippen LogP contribution in [0.2, 0.25) is 0 Å². The first-order valence-corrected chi connectivity index (χ1v) is 12.4. The Kier molecular flexibility index (Phi) is 10.5.